The Labute approximate surface area is 265 Å². The van der Waals surface area contributed by atoms with Gasteiger partial charge in [0.2, 0.25) is 0 Å². The van der Waals surface area contributed by atoms with Crippen LogP contribution in [0.1, 0.15) is 43.5 Å². The molecule has 0 aliphatic rings. The number of carboxylic acid groups (broad SMARTS) is 2. The molecule has 44 heavy (non-hydrogen) atoms. The maximum atomic E-state index is 11.5. The van der Waals surface area contributed by atoms with Gasteiger partial charge in [-0.05, 0) is 84.1 Å². The predicted octanol–water partition coefficient (Wildman–Crippen LogP) is 6.05. The normalized spacial score (nSPS) is 10.7. The number of aliphatic imine (C=N–C) groups is 2. The fourth-order valence-electron chi connectivity index (χ4n) is 4.52. The molecule has 222 valence electrons. The standard InChI is InChI=1S/C32H28N6O4S2/c39-31(40)29-5-1-3-27(35-29)19-37(17-23-7-11-25(12-8-23)33-21-43)15-16-38(18-24-9-13-26(14-10-24)34-22-44)20-28-4-2-6-30(36-28)32(41)42/h1-14H,15-20H2,(H,39,40)(H,41,42). The van der Waals surface area contributed by atoms with Crippen LogP contribution in [0.5, 0.6) is 0 Å². The maximum Gasteiger partial charge on any atom is 0.354 e. The molecule has 0 radical (unpaired) electrons. The number of isothiocyanates is 2. The second-order valence-electron chi connectivity index (χ2n) is 9.80. The zero-order valence-electron chi connectivity index (χ0n) is 23.5. The van der Waals surface area contributed by atoms with E-state index in [1.165, 1.54) is 12.1 Å². The largest absolute Gasteiger partial charge is 0.477 e. The SMILES string of the molecule is O=C(O)c1cccc(CN(CCN(Cc2ccc(N=C=S)cc2)Cc2cccc(C(=O)O)n2)Cc2ccc(N=C=S)cc2)n1. The van der Waals surface area contributed by atoms with E-state index in [0.29, 0.717) is 62.0 Å². The molecule has 0 aliphatic heterocycles. The zero-order chi connectivity index (χ0) is 31.3. The second-order valence-corrected chi connectivity index (χ2v) is 10.2. The molecule has 4 aromatic rings. The molecule has 0 aliphatic carbocycles. The Kier molecular flexibility index (Phi) is 11.8. The minimum atomic E-state index is -1.09. The van der Waals surface area contributed by atoms with Gasteiger partial charge in [0.25, 0.3) is 0 Å². The molecule has 0 spiro atoms. The van der Waals surface area contributed by atoms with Gasteiger partial charge in [-0.15, -0.1) is 0 Å². The smallest absolute Gasteiger partial charge is 0.354 e. The molecule has 2 heterocycles. The molecule has 0 bridgehead atoms. The summed E-state index contributed by atoms with van der Waals surface area (Å²) in [4.78, 5) is 44.1. The Morgan fingerprint density at radius 3 is 1.34 bits per heavy atom. The van der Waals surface area contributed by atoms with E-state index in [1.54, 1.807) is 24.3 Å². The summed E-state index contributed by atoms with van der Waals surface area (Å²) in [7, 11) is 0. The zero-order valence-corrected chi connectivity index (χ0v) is 25.2. The van der Waals surface area contributed by atoms with Crippen LogP contribution in [0.15, 0.2) is 94.9 Å². The highest BCUT2D eigenvalue weighted by atomic mass is 32.1. The van der Waals surface area contributed by atoms with Crippen molar-refractivity contribution >= 4 is 58.1 Å². The van der Waals surface area contributed by atoms with Gasteiger partial charge in [-0.2, -0.15) is 9.98 Å². The van der Waals surface area contributed by atoms with Crippen molar-refractivity contribution in [3.8, 4) is 0 Å². The van der Waals surface area contributed by atoms with Crippen LogP contribution in [0.4, 0.5) is 11.4 Å². The minimum absolute atomic E-state index is 0.0164. The van der Waals surface area contributed by atoms with Gasteiger partial charge in [0, 0.05) is 39.3 Å². The Balaban J connectivity index is 1.58. The molecule has 10 nitrogen and oxygen atoms in total. The quantitative estimate of drug-likeness (QED) is 0.119. The Morgan fingerprint density at radius 1 is 0.614 bits per heavy atom. The van der Waals surface area contributed by atoms with Crippen molar-refractivity contribution < 1.29 is 19.8 Å². The van der Waals surface area contributed by atoms with E-state index in [1.807, 2.05) is 48.5 Å². The molecule has 2 aromatic carbocycles. The van der Waals surface area contributed by atoms with E-state index >= 15 is 0 Å². The van der Waals surface area contributed by atoms with E-state index in [0.717, 1.165) is 11.1 Å². The van der Waals surface area contributed by atoms with Crippen molar-refractivity contribution in [2.75, 3.05) is 13.1 Å². The molecule has 0 unspecified atom stereocenters. The number of carboxylic acids is 2. The number of aromatic carboxylic acids is 2. The highest BCUT2D eigenvalue weighted by molar-refractivity contribution is 7.78. The first-order valence-electron chi connectivity index (χ1n) is 13.5. The van der Waals surface area contributed by atoms with Crippen LogP contribution in [0.2, 0.25) is 0 Å². The lowest BCUT2D eigenvalue weighted by Gasteiger charge is -2.28. The third-order valence-corrected chi connectivity index (χ3v) is 6.77. The average molecular weight is 625 g/mol. The van der Waals surface area contributed by atoms with E-state index in [4.69, 9.17) is 24.4 Å². The summed E-state index contributed by atoms with van der Waals surface area (Å²) >= 11 is 9.41. The number of hydrogen-bond donors (Lipinski definition) is 2. The molecule has 2 aromatic heterocycles. The van der Waals surface area contributed by atoms with Crippen molar-refractivity contribution in [3.05, 3.63) is 119 Å². The lowest BCUT2D eigenvalue weighted by molar-refractivity contribution is 0.0679. The Bertz CT molecular complexity index is 1580. The molecular weight excluding hydrogens is 597 g/mol. The number of thiocarbonyl (C=S) groups is 2. The van der Waals surface area contributed by atoms with Gasteiger partial charge in [-0.3, -0.25) is 9.80 Å². The van der Waals surface area contributed by atoms with Gasteiger partial charge in [0.15, 0.2) is 0 Å². The van der Waals surface area contributed by atoms with Crippen LogP contribution in [0, 0.1) is 0 Å². The third-order valence-electron chi connectivity index (χ3n) is 6.59. The van der Waals surface area contributed by atoms with Crippen LogP contribution in [0.3, 0.4) is 0 Å². The number of pyridine rings is 2. The number of hydrogen-bond acceptors (Lipinski definition) is 10. The van der Waals surface area contributed by atoms with Gasteiger partial charge in [0.1, 0.15) is 11.4 Å². The van der Waals surface area contributed by atoms with Gasteiger partial charge >= 0.3 is 11.9 Å². The van der Waals surface area contributed by atoms with Gasteiger partial charge in [-0.1, -0.05) is 36.4 Å². The van der Waals surface area contributed by atoms with E-state index < -0.39 is 11.9 Å². The number of aromatic nitrogens is 2. The molecule has 0 amide bonds. The summed E-state index contributed by atoms with van der Waals surface area (Å²) in [6.07, 6.45) is 0. The van der Waals surface area contributed by atoms with Crippen LogP contribution in [0.25, 0.3) is 0 Å². The van der Waals surface area contributed by atoms with Gasteiger partial charge < -0.3 is 10.2 Å². The monoisotopic (exact) mass is 624 g/mol. The van der Waals surface area contributed by atoms with E-state index in [9.17, 15) is 19.8 Å². The van der Waals surface area contributed by atoms with Gasteiger partial charge in [-0.25, -0.2) is 19.6 Å². The summed E-state index contributed by atoms with van der Waals surface area (Å²) in [5.41, 5.74) is 4.69. The topological polar surface area (TPSA) is 132 Å². The van der Waals surface area contributed by atoms with Crippen LogP contribution >= 0.6 is 24.4 Å². The molecule has 0 atom stereocenters. The summed E-state index contributed by atoms with van der Waals surface area (Å²) in [5.74, 6) is -2.17. The molecule has 0 saturated carbocycles. The molecule has 2 N–H and O–H groups in total. The fourth-order valence-corrected chi connectivity index (χ4v) is 4.73. The lowest BCUT2D eigenvalue weighted by Crippen LogP contribution is -2.34. The summed E-state index contributed by atoms with van der Waals surface area (Å²) in [6.45, 7) is 3.12. The van der Waals surface area contributed by atoms with Crippen LogP contribution < -0.4 is 0 Å². The fraction of sp³-hybridized carbons (Fsp3) is 0.188. The summed E-state index contributed by atoms with van der Waals surface area (Å²) in [6, 6.07) is 25.2. The highest BCUT2D eigenvalue weighted by Gasteiger charge is 2.16. The summed E-state index contributed by atoms with van der Waals surface area (Å²) < 4.78 is 0. The molecule has 0 fully saturated rings. The third kappa shape index (κ3) is 9.89. The molecule has 12 heteroatoms. The average Bonchev–Trinajstić information content (AvgIpc) is 3.02. The van der Waals surface area contributed by atoms with E-state index in [-0.39, 0.29) is 11.4 Å². The molecule has 0 saturated heterocycles. The van der Waals surface area contributed by atoms with Crippen molar-refractivity contribution in [2.45, 2.75) is 26.2 Å². The predicted molar refractivity (Wildman–Crippen MR) is 173 cm³/mol. The number of carbonyl (C=O) groups is 2. The first-order chi connectivity index (χ1) is 21.3. The number of rotatable bonds is 15. The molecular formula is C32H28N6O4S2. The lowest BCUT2D eigenvalue weighted by atomic mass is 10.1. The van der Waals surface area contributed by atoms with Gasteiger partial charge in [0.05, 0.1) is 33.1 Å². The van der Waals surface area contributed by atoms with Crippen LogP contribution in [-0.2, 0) is 26.2 Å². The summed E-state index contributed by atoms with van der Waals surface area (Å²) in [5, 5.41) is 23.6. The van der Waals surface area contributed by atoms with Crippen molar-refractivity contribution in [1.29, 1.82) is 0 Å². The maximum absolute atomic E-state index is 11.5. The number of nitrogens with zero attached hydrogens (tertiary/aromatic N) is 6. The molecule has 4 rings (SSSR count). The number of benzene rings is 2. The van der Waals surface area contributed by atoms with E-state index in [2.05, 4.69) is 40.1 Å². The Hall–Kier alpha value is -4.80. The van der Waals surface area contributed by atoms with Crippen molar-refractivity contribution in [1.82, 2.24) is 19.8 Å². The first-order valence-corrected chi connectivity index (χ1v) is 14.3. The minimum Gasteiger partial charge on any atom is -0.477 e. The van der Waals surface area contributed by atoms with Crippen molar-refractivity contribution in [2.24, 2.45) is 9.98 Å². The first kappa shape index (κ1) is 32.1. The second kappa shape index (κ2) is 16.2. The highest BCUT2D eigenvalue weighted by Crippen LogP contribution is 2.18. The van der Waals surface area contributed by atoms with Crippen LogP contribution in [-0.4, -0.2) is 65.3 Å². The van der Waals surface area contributed by atoms with Crippen molar-refractivity contribution in [3.63, 3.8) is 0 Å². The Morgan fingerprint density at radius 2 is 1.00 bits per heavy atom.